The number of halogens is 2. The summed E-state index contributed by atoms with van der Waals surface area (Å²) in [7, 11) is 0. The predicted octanol–water partition coefficient (Wildman–Crippen LogP) is 4.32. The van der Waals surface area contributed by atoms with Gasteiger partial charge in [0.1, 0.15) is 19.0 Å². The molecule has 0 atom stereocenters. The molecule has 0 fully saturated rings. The number of nitrogens with zero attached hydrogens (tertiary/aromatic N) is 2. The van der Waals surface area contributed by atoms with Crippen LogP contribution in [0.5, 0.6) is 11.5 Å². The topological polar surface area (TPSA) is 68.3 Å². The smallest absolute Gasteiger partial charge is 0.229 e. The van der Waals surface area contributed by atoms with Crippen molar-refractivity contribution in [1.82, 2.24) is 9.97 Å². The maximum absolute atomic E-state index is 13.4. The molecule has 0 aliphatic carbocycles. The Morgan fingerprint density at radius 1 is 0.815 bits per heavy atom. The first-order valence-electron chi connectivity index (χ1n) is 8.31. The van der Waals surface area contributed by atoms with Crippen LogP contribution in [-0.2, 0) is 0 Å². The van der Waals surface area contributed by atoms with Crippen LogP contribution in [0.3, 0.4) is 0 Å². The lowest BCUT2D eigenvalue weighted by atomic mass is 10.2. The molecule has 0 spiro atoms. The summed E-state index contributed by atoms with van der Waals surface area (Å²) in [5, 5.41) is 6.06. The van der Waals surface area contributed by atoms with Gasteiger partial charge in [0.25, 0.3) is 0 Å². The van der Waals surface area contributed by atoms with Crippen LogP contribution in [0.2, 0.25) is 0 Å². The first kappa shape index (κ1) is 17.0. The molecule has 0 unspecified atom stereocenters. The van der Waals surface area contributed by atoms with Crippen LogP contribution in [0.4, 0.5) is 31.9 Å². The van der Waals surface area contributed by atoms with Gasteiger partial charge in [0.05, 0.1) is 0 Å². The largest absolute Gasteiger partial charge is 0.486 e. The summed E-state index contributed by atoms with van der Waals surface area (Å²) >= 11 is 0. The molecule has 2 aromatic carbocycles. The minimum Gasteiger partial charge on any atom is -0.486 e. The molecule has 3 aromatic rings. The van der Waals surface area contributed by atoms with Crippen LogP contribution in [0.25, 0.3) is 0 Å². The molecule has 4 rings (SSSR count). The highest BCUT2D eigenvalue weighted by Gasteiger charge is 2.12. The van der Waals surface area contributed by atoms with Gasteiger partial charge in [-0.2, -0.15) is 4.98 Å². The highest BCUT2D eigenvalue weighted by molar-refractivity contribution is 5.63. The van der Waals surface area contributed by atoms with Gasteiger partial charge in [-0.15, -0.1) is 0 Å². The summed E-state index contributed by atoms with van der Waals surface area (Å²) in [5.41, 5.74) is 1.83. The molecule has 0 radical (unpaired) electrons. The second-order valence-electron chi connectivity index (χ2n) is 5.96. The van der Waals surface area contributed by atoms with Gasteiger partial charge >= 0.3 is 0 Å². The monoisotopic (exact) mass is 370 g/mol. The van der Waals surface area contributed by atoms with E-state index in [0.717, 1.165) is 17.8 Å². The Kier molecular flexibility index (Phi) is 4.45. The molecule has 0 bridgehead atoms. The molecule has 6 nitrogen and oxygen atoms in total. The lowest BCUT2D eigenvalue weighted by Crippen LogP contribution is -2.15. The second kappa shape index (κ2) is 7.06. The minimum atomic E-state index is -0.942. The quantitative estimate of drug-likeness (QED) is 0.713. The molecule has 2 N–H and O–H groups in total. The van der Waals surface area contributed by atoms with Gasteiger partial charge in [0, 0.05) is 35.3 Å². The standard InChI is InChI=1S/C19H16F2N4O2/c1-11-8-18(23-13-3-5-16-17(10-13)27-7-6-26-16)25-19(22-11)24-12-2-4-14(20)15(21)9-12/h2-5,8-10H,6-7H2,1H3,(H2,22,23,24,25). The number of nitrogens with one attached hydrogen (secondary N) is 2. The van der Waals surface area contributed by atoms with Crippen molar-refractivity contribution in [1.29, 1.82) is 0 Å². The number of aryl methyl sites for hydroxylation is 1. The van der Waals surface area contributed by atoms with Crippen molar-refractivity contribution in [3.05, 3.63) is 59.8 Å². The SMILES string of the molecule is Cc1cc(Nc2ccc3c(c2)OCCO3)nc(Nc2ccc(F)c(F)c2)n1. The van der Waals surface area contributed by atoms with E-state index in [4.69, 9.17) is 9.47 Å². The van der Waals surface area contributed by atoms with Gasteiger partial charge < -0.3 is 20.1 Å². The summed E-state index contributed by atoms with van der Waals surface area (Å²) in [5.74, 6) is 0.322. The van der Waals surface area contributed by atoms with Crippen molar-refractivity contribution < 1.29 is 18.3 Å². The Hall–Kier alpha value is -3.42. The van der Waals surface area contributed by atoms with Crippen LogP contribution in [0.15, 0.2) is 42.5 Å². The second-order valence-corrected chi connectivity index (χ2v) is 5.96. The maximum atomic E-state index is 13.4. The van der Waals surface area contributed by atoms with Crippen LogP contribution in [0, 0.1) is 18.6 Å². The van der Waals surface area contributed by atoms with Gasteiger partial charge in [-0.1, -0.05) is 0 Å². The minimum absolute atomic E-state index is 0.265. The molecular weight excluding hydrogens is 354 g/mol. The molecular formula is C19H16F2N4O2. The van der Waals surface area contributed by atoms with E-state index in [0.29, 0.717) is 41.9 Å². The van der Waals surface area contributed by atoms with Crippen LogP contribution in [0.1, 0.15) is 5.69 Å². The highest BCUT2D eigenvalue weighted by Crippen LogP contribution is 2.33. The lowest BCUT2D eigenvalue weighted by Gasteiger charge is -2.19. The zero-order chi connectivity index (χ0) is 18.8. The number of hydrogen-bond acceptors (Lipinski definition) is 6. The number of aromatic nitrogens is 2. The molecule has 0 saturated heterocycles. The Morgan fingerprint density at radius 3 is 2.37 bits per heavy atom. The number of hydrogen-bond donors (Lipinski definition) is 2. The summed E-state index contributed by atoms with van der Waals surface area (Å²) in [6, 6.07) is 10.8. The van der Waals surface area contributed by atoms with Crippen molar-refractivity contribution in [3.8, 4) is 11.5 Å². The van der Waals surface area contributed by atoms with E-state index in [1.807, 2.05) is 25.1 Å². The average Bonchev–Trinajstić information content (AvgIpc) is 2.64. The normalized spacial score (nSPS) is 12.6. The van der Waals surface area contributed by atoms with E-state index in [1.165, 1.54) is 6.07 Å². The Morgan fingerprint density at radius 2 is 1.56 bits per heavy atom. The number of benzene rings is 2. The van der Waals surface area contributed by atoms with Crippen molar-refractivity contribution in [2.75, 3.05) is 23.8 Å². The molecule has 138 valence electrons. The van der Waals surface area contributed by atoms with Gasteiger partial charge in [0.2, 0.25) is 5.95 Å². The molecule has 27 heavy (non-hydrogen) atoms. The van der Waals surface area contributed by atoms with Gasteiger partial charge in [-0.05, 0) is 31.2 Å². The van der Waals surface area contributed by atoms with E-state index < -0.39 is 11.6 Å². The fourth-order valence-corrected chi connectivity index (χ4v) is 2.66. The number of anilines is 4. The maximum Gasteiger partial charge on any atom is 0.229 e. The van der Waals surface area contributed by atoms with Gasteiger partial charge in [-0.25, -0.2) is 13.8 Å². The zero-order valence-electron chi connectivity index (χ0n) is 14.4. The number of rotatable bonds is 4. The van der Waals surface area contributed by atoms with Crippen molar-refractivity contribution in [2.24, 2.45) is 0 Å². The van der Waals surface area contributed by atoms with E-state index in [2.05, 4.69) is 20.6 Å². The summed E-state index contributed by atoms with van der Waals surface area (Å²) in [6.45, 7) is 2.85. The predicted molar refractivity (Wildman–Crippen MR) is 97.1 cm³/mol. The summed E-state index contributed by atoms with van der Waals surface area (Å²) < 4.78 is 37.5. The van der Waals surface area contributed by atoms with E-state index >= 15 is 0 Å². The van der Waals surface area contributed by atoms with Gasteiger partial charge in [-0.3, -0.25) is 0 Å². The summed E-state index contributed by atoms with van der Waals surface area (Å²) in [4.78, 5) is 8.64. The average molecular weight is 370 g/mol. The number of fused-ring (bicyclic) bond motifs is 1. The highest BCUT2D eigenvalue weighted by atomic mass is 19.2. The Bertz CT molecular complexity index is 997. The molecule has 0 saturated carbocycles. The third kappa shape index (κ3) is 3.89. The van der Waals surface area contributed by atoms with E-state index in [-0.39, 0.29) is 5.95 Å². The molecule has 0 amide bonds. The molecule has 1 aromatic heterocycles. The van der Waals surface area contributed by atoms with Gasteiger partial charge in [0.15, 0.2) is 23.1 Å². The van der Waals surface area contributed by atoms with E-state index in [9.17, 15) is 8.78 Å². The van der Waals surface area contributed by atoms with Crippen LogP contribution < -0.4 is 20.1 Å². The molecule has 2 heterocycles. The van der Waals surface area contributed by atoms with E-state index in [1.54, 1.807) is 6.07 Å². The van der Waals surface area contributed by atoms with Crippen LogP contribution in [-0.4, -0.2) is 23.2 Å². The van der Waals surface area contributed by atoms with Crippen molar-refractivity contribution >= 4 is 23.1 Å². The molecule has 1 aliphatic rings. The van der Waals surface area contributed by atoms with Crippen LogP contribution >= 0.6 is 0 Å². The summed E-state index contributed by atoms with van der Waals surface area (Å²) in [6.07, 6.45) is 0. The lowest BCUT2D eigenvalue weighted by molar-refractivity contribution is 0.171. The first-order valence-corrected chi connectivity index (χ1v) is 8.31. The third-order valence-electron chi connectivity index (χ3n) is 3.84. The number of ether oxygens (including phenoxy) is 2. The fraction of sp³-hybridized carbons (Fsp3) is 0.158. The zero-order valence-corrected chi connectivity index (χ0v) is 14.4. The third-order valence-corrected chi connectivity index (χ3v) is 3.84. The first-order chi connectivity index (χ1) is 13.1. The van der Waals surface area contributed by atoms with Crippen molar-refractivity contribution in [2.45, 2.75) is 6.92 Å². The van der Waals surface area contributed by atoms with Crippen molar-refractivity contribution in [3.63, 3.8) is 0 Å². The molecule has 8 heteroatoms. The molecule has 1 aliphatic heterocycles. The Balaban J connectivity index is 1.56. The Labute approximate surface area is 154 Å². The fourth-order valence-electron chi connectivity index (χ4n) is 2.66.